The number of methoxy groups -OCH3 is 2. The highest BCUT2D eigenvalue weighted by Crippen LogP contribution is 2.29. The third-order valence-corrected chi connectivity index (χ3v) is 3.87. The van der Waals surface area contributed by atoms with Gasteiger partial charge in [-0.3, -0.25) is 0 Å². The van der Waals surface area contributed by atoms with Gasteiger partial charge >= 0.3 is 6.03 Å². The van der Waals surface area contributed by atoms with E-state index in [0.29, 0.717) is 29.0 Å². The summed E-state index contributed by atoms with van der Waals surface area (Å²) in [4.78, 5) is 14.5. The van der Waals surface area contributed by atoms with Crippen molar-refractivity contribution >= 4 is 11.7 Å². The maximum atomic E-state index is 12.6. The van der Waals surface area contributed by atoms with E-state index in [1.807, 2.05) is 11.0 Å². The Hall–Kier alpha value is -1.91. The predicted molar refractivity (Wildman–Crippen MR) is 99.0 cm³/mol. The highest BCUT2D eigenvalue weighted by Gasteiger charge is 2.15. The van der Waals surface area contributed by atoms with Gasteiger partial charge in [-0.05, 0) is 36.8 Å². The second kappa shape index (κ2) is 10.1. The van der Waals surface area contributed by atoms with Gasteiger partial charge in [0.15, 0.2) is 11.5 Å². The molecule has 0 aliphatic rings. The summed E-state index contributed by atoms with van der Waals surface area (Å²) >= 11 is 0. The molecule has 0 aliphatic heterocycles. The zero-order valence-electron chi connectivity index (χ0n) is 15.9. The maximum Gasteiger partial charge on any atom is 0.321 e. The Labute approximate surface area is 146 Å². The Morgan fingerprint density at radius 2 is 1.54 bits per heavy atom. The number of hydrogen-bond donors (Lipinski definition) is 1. The standard InChI is InChI=1S/C19H32N2O3/c1-14(2)9-11-21(12-10-15(3)4)19(22)20-16-7-8-17(23-5)18(13-16)24-6/h7-8,13-15H,9-12H2,1-6H3,(H,20,22). The van der Waals surface area contributed by atoms with Gasteiger partial charge in [-0.15, -0.1) is 0 Å². The van der Waals surface area contributed by atoms with E-state index in [1.165, 1.54) is 0 Å². The molecule has 1 aromatic rings. The Morgan fingerprint density at radius 1 is 1.00 bits per heavy atom. The lowest BCUT2D eigenvalue weighted by Gasteiger charge is -2.25. The molecule has 0 saturated heterocycles. The van der Waals surface area contributed by atoms with Crippen LogP contribution >= 0.6 is 0 Å². The second-order valence-electron chi connectivity index (χ2n) is 6.85. The number of carbonyl (C=O) groups excluding carboxylic acids is 1. The largest absolute Gasteiger partial charge is 0.493 e. The molecule has 136 valence electrons. The molecule has 0 radical (unpaired) electrons. The number of nitrogens with one attached hydrogen (secondary N) is 1. The Kier molecular flexibility index (Phi) is 8.44. The van der Waals surface area contributed by atoms with Crippen molar-refractivity contribution in [1.29, 1.82) is 0 Å². The van der Waals surface area contributed by atoms with Crippen molar-refractivity contribution in [3.05, 3.63) is 18.2 Å². The monoisotopic (exact) mass is 336 g/mol. The van der Waals surface area contributed by atoms with Crippen LogP contribution in [0.1, 0.15) is 40.5 Å². The fraction of sp³-hybridized carbons (Fsp3) is 0.632. The molecule has 1 N–H and O–H groups in total. The van der Waals surface area contributed by atoms with Gasteiger partial charge in [-0.25, -0.2) is 4.79 Å². The summed E-state index contributed by atoms with van der Waals surface area (Å²) in [5.41, 5.74) is 0.705. The number of benzene rings is 1. The van der Waals surface area contributed by atoms with E-state index >= 15 is 0 Å². The lowest BCUT2D eigenvalue weighted by Crippen LogP contribution is -2.37. The first-order chi connectivity index (χ1) is 11.4. The van der Waals surface area contributed by atoms with E-state index in [-0.39, 0.29) is 6.03 Å². The lowest BCUT2D eigenvalue weighted by molar-refractivity contribution is 0.205. The van der Waals surface area contributed by atoms with Crippen LogP contribution in [-0.2, 0) is 0 Å². The molecule has 2 amide bonds. The van der Waals surface area contributed by atoms with Crippen molar-refractivity contribution in [2.45, 2.75) is 40.5 Å². The SMILES string of the molecule is COc1ccc(NC(=O)N(CCC(C)C)CCC(C)C)cc1OC. The molecular formula is C19H32N2O3. The predicted octanol–water partition coefficient (Wildman–Crippen LogP) is 4.63. The van der Waals surface area contributed by atoms with Gasteiger partial charge in [0.1, 0.15) is 0 Å². The van der Waals surface area contributed by atoms with E-state index in [1.54, 1.807) is 26.4 Å². The highest BCUT2D eigenvalue weighted by atomic mass is 16.5. The van der Waals surface area contributed by atoms with Crippen LogP contribution in [0.25, 0.3) is 0 Å². The Bertz CT molecular complexity index is 503. The number of nitrogens with zero attached hydrogens (tertiary/aromatic N) is 1. The third-order valence-electron chi connectivity index (χ3n) is 3.87. The molecule has 1 aromatic carbocycles. The molecule has 1 rings (SSSR count). The summed E-state index contributed by atoms with van der Waals surface area (Å²) in [6.07, 6.45) is 1.99. The molecule has 0 aromatic heterocycles. The molecule has 5 heteroatoms. The molecule has 24 heavy (non-hydrogen) atoms. The van der Waals surface area contributed by atoms with Crippen LogP contribution in [0.15, 0.2) is 18.2 Å². The van der Waals surface area contributed by atoms with Crippen LogP contribution in [0, 0.1) is 11.8 Å². The molecule has 0 atom stereocenters. The molecule has 0 spiro atoms. The Morgan fingerprint density at radius 3 is 2.00 bits per heavy atom. The molecule has 0 heterocycles. The minimum atomic E-state index is -0.0662. The Balaban J connectivity index is 2.78. The topological polar surface area (TPSA) is 50.8 Å². The fourth-order valence-corrected chi connectivity index (χ4v) is 2.26. The van der Waals surface area contributed by atoms with Gasteiger partial charge in [0.05, 0.1) is 14.2 Å². The second-order valence-corrected chi connectivity index (χ2v) is 6.85. The average molecular weight is 336 g/mol. The van der Waals surface area contributed by atoms with Gasteiger partial charge in [-0.1, -0.05) is 27.7 Å². The van der Waals surface area contributed by atoms with Crippen LogP contribution in [0.4, 0.5) is 10.5 Å². The van der Waals surface area contributed by atoms with Gasteiger partial charge < -0.3 is 19.7 Å². The molecule has 0 aliphatic carbocycles. The highest BCUT2D eigenvalue weighted by molar-refractivity contribution is 5.89. The number of urea groups is 1. The summed E-state index contributed by atoms with van der Waals surface area (Å²) in [7, 11) is 3.18. The maximum absolute atomic E-state index is 12.6. The van der Waals surface area contributed by atoms with Crippen LogP contribution in [0.2, 0.25) is 0 Å². The molecular weight excluding hydrogens is 304 g/mol. The van der Waals surface area contributed by atoms with Gasteiger partial charge in [-0.2, -0.15) is 0 Å². The first-order valence-electron chi connectivity index (χ1n) is 8.65. The van der Waals surface area contributed by atoms with Crippen molar-refractivity contribution in [3.8, 4) is 11.5 Å². The smallest absolute Gasteiger partial charge is 0.321 e. The van der Waals surface area contributed by atoms with Crippen molar-refractivity contribution in [2.75, 3.05) is 32.6 Å². The molecule has 5 nitrogen and oxygen atoms in total. The zero-order valence-corrected chi connectivity index (χ0v) is 15.9. The van der Waals surface area contributed by atoms with Crippen molar-refractivity contribution in [1.82, 2.24) is 4.90 Å². The van der Waals surface area contributed by atoms with Crippen LogP contribution in [0.3, 0.4) is 0 Å². The van der Waals surface area contributed by atoms with Gasteiger partial charge in [0, 0.05) is 24.8 Å². The molecule has 0 unspecified atom stereocenters. The van der Waals surface area contributed by atoms with Gasteiger partial charge in [0.2, 0.25) is 0 Å². The molecule has 0 bridgehead atoms. The molecule has 0 fully saturated rings. The van der Waals surface area contributed by atoms with Crippen molar-refractivity contribution in [2.24, 2.45) is 11.8 Å². The number of ether oxygens (including phenoxy) is 2. The first kappa shape index (κ1) is 20.1. The summed E-state index contributed by atoms with van der Waals surface area (Å²) in [5, 5.41) is 2.97. The molecule has 0 saturated carbocycles. The fourth-order valence-electron chi connectivity index (χ4n) is 2.26. The minimum absolute atomic E-state index is 0.0662. The lowest BCUT2D eigenvalue weighted by atomic mass is 10.1. The van der Waals surface area contributed by atoms with Gasteiger partial charge in [0.25, 0.3) is 0 Å². The van der Waals surface area contributed by atoms with E-state index in [4.69, 9.17) is 9.47 Å². The quantitative estimate of drug-likeness (QED) is 0.715. The van der Waals surface area contributed by atoms with Crippen LogP contribution in [-0.4, -0.2) is 38.2 Å². The van der Waals surface area contributed by atoms with Crippen molar-refractivity contribution in [3.63, 3.8) is 0 Å². The van der Waals surface area contributed by atoms with Crippen molar-refractivity contribution < 1.29 is 14.3 Å². The number of carbonyl (C=O) groups is 1. The van der Waals surface area contributed by atoms with E-state index in [9.17, 15) is 4.79 Å². The first-order valence-corrected chi connectivity index (χ1v) is 8.65. The summed E-state index contributed by atoms with van der Waals surface area (Å²) in [6, 6.07) is 5.33. The zero-order chi connectivity index (χ0) is 18.1. The third kappa shape index (κ3) is 6.69. The average Bonchev–Trinajstić information content (AvgIpc) is 2.53. The van der Waals surface area contributed by atoms with Crippen LogP contribution in [0.5, 0.6) is 11.5 Å². The summed E-state index contributed by atoms with van der Waals surface area (Å²) in [5.74, 6) is 2.39. The minimum Gasteiger partial charge on any atom is -0.493 e. The number of rotatable bonds is 9. The van der Waals surface area contributed by atoms with Crippen LogP contribution < -0.4 is 14.8 Å². The number of anilines is 1. The summed E-state index contributed by atoms with van der Waals surface area (Å²) in [6.45, 7) is 10.2. The normalized spacial score (nSPS) is 10.8. The number of amides is 2. The van der Waals surface area contributed by atoms with E-state index in [0.717, 1.165) is 25.9 Å². The summed E-state index contributed by atoms with van der Waals surface area (Å²) < 4.78 is 10.5. The van der Waals surface area contributed by atoms with E-state index < -0.39 is 0 Å². The number of hydrogen-bond acceptors (Lipinski definition) is 3. The van der Waals surface area contributed by atoms with E-state index in [2.05, 4.69) is 33.0 Å².